The maximum Gasteiger partial charge on any atom is 0.0283 e. The zero-order chi connectivity index (χ0) is 10.6. The van der Waals surface area contributed by atoms with Gasteiger partial charge in [0.15, 0.2) is 0 Å². The first-order chi connectivity index (χ1) is 6.51. The van der Waals surface area contributed by atoms with E-state index in [4.69, 9.17) is 0 Å². The minimum Gasteiger partial charge on any atom is -0.0876 e. The smallest absolute Gasteiger partial charge is 0.0283 e. The van der Waals surface area contributed by atoms with Gasteiger partial charge in [0, 0.05) is 5.33 Å². The lowest BCUT2D eigenvalue weighted by molar-refractivity contribution is 0.547. The van der Waals surface area contributed by atoms with E-state index in [0.717, 1.165) is 5.33 Å². The highest BCUT2D eigenvalue weighted by molar-refractivity contribution is 9.08. The fourth-order valence-electron chi connectivity index (χ4n) is 1.06. The third-order valence-corrected chi connectivity index (χ3v) is 2.56. The van der Waals surface area contributed by atoms with E-state index in [9.17, 15) is 0 Å². The fourth-order valence-corrected chi connectivity index (χ4v) is 1.44. The second kappa shape index (κ2) is 4.79. The van der Waals surface area contributed by atoms with Gasteiger partial charge in [0.25, 0.3) is 0 Å². The number of allylic oxidation sites excluding steroid dienone is 1. The van der Waals surface area contributed by atoms with Crippen LogP contribution < -0.4 is 0 Å². The Hall–Kier alpha value is -0.560. The second-order valence-electron chi connectivity index (χ2n) is 4.57. The van der Waals surface area contributed by atoms with E-state index in [1.165, 1.54) is 11.1 Å². The van der Waals surface area contributed by atoms with Gasteiger partial charge < -0.3 is 0 Å². The van der Waals surface area contributed by atoms with Crippen molar-refractivity contribution in [3.8, 4) is 0 Å². The molecule has 0 N–H and O–H groups in total. The minimum absolute atomic E-state index is 0.258. The summed E-state index contributed by atoms with van der Waals surface area (Å²) in [4.78, 5) is 0. The van der Waals surface area contributed by atoms with E-state index in [0.29, 0.717) is 0 Å². The molecule has 1 aromatic carbocycles. The van der Waals surface area contributed by atoms with Crippen molar-refractivity contribution in [1.29, 1.82) is 0 Å². The molecule has 0 aromatic heterocycles. The average Bonchev–Trinajstić information content (AvgIpc) is 2.14. The number of alkyl halides is 1. The average molecular weight is 253 g/mol. The van der Waals surface area contributed by atoms with Crippen molar-refractivity contribution < 1.29 is 0 Å². The lowest BCUT2D eigenvalue weighted by atomic mass is 9.95. The zero-order valence-corrected chi connectivity index (χ0v) is 10.6. The molecule has 0 heterocycles. The van der Waals surface area contributed by atoms with Crippen molar-refractivity contribution in [3.05, 3.63) is 41.5 Å². The van der Waals surface area contributed by atoms with Crippen molar-refractivity contribution in [1.82, 2.24) is 0 Å². The van der Waals surface area contributed by atoms with E-state index in [2.05, 4.69) is 73.1 Å². The molecule has 0 amide bonds. The van der Waals surface area contributed by atoms with Crippen LogP contribution in [0.1, 0.15) is 31.9 Å². The molecule has 76 valence electrons. The van der Waals surface area contributed by atoms with Gasteiger partial charge in [0.1, 0.15) is 0 Å². The van der Waals surface area contributed by atoms with Crippen molar-refractivity contribution in [3.63, 3.8) is 0 Å². The van der Waals surface area contributed by atoms with E-state index >= 15 is 0 Å². The van der Waals surface area contributed by atoms with Gasteiger partial charge in [-0.2, -0.15) is 0 Å². The molecule has 0 saturated carbocycles. The number of hydrogen-bond acceptors (Lipinski definition) is 0. The first-order valence-corrected chi connectivity index (χ1v) is 5.97. The van der Waals surface area contributed by atoms with Crippen LogP contribution in [0.4, 0.5) is 0 Å². The van der Waals surface area contributed by atoms with Crippen LogP contribution in [0.2, 0.25) is 0 Å². The molecule has 0 atom stereocenters. The molecular formula is C13H17Br. The second-order valence-corrected chi connectivity index (χ2v) is 5.14. The SMILES string of the molecule is CC(C)(C)C=Cc1ccc(CBr)cc1. The maximum absolute atomic E-state index is 3.43. The van der Waals surface area contributed by atoms with Crippen LogP contribution >= 0.6 is 15.9 Å². The summed E-state index contributed by atoms with van der Waals surface area (Å²) in [5.41, 5.74) is 2.84. The molecule has 0 spiro atoms. The summed E-state index contributed by atoms with van der Waals surface area (Å²) in [6.45, 7) is 6.61. The largest absolute Gasteiger partial charge is 0.0876 e. The normalized spacial score (nSPS) is 12.3. The molecule has 0 fully saturated rings. The van der Waals surface area contributed by atoms with Crippen LogP contribution in [0, 0.1) is 5.41 Å². The zero-order valence-electron chi connectivity index (χ0n) is 9.05. The molecule has 0 nitrogen and oxygen atoms in total. The monoisotopic (exact) mass is 252 g/mol. The van der Waals surface area contributed by atoms with E-state index in [1.807, 2.05) is 0 Å². The van der Waals surface area contributed by atoms with Gasteiger partial charge in [-0.3, -0.25) is 0 Å². The summed E-state index contributed by atoms with van der Waals surface area (Å²) >= 11 is 3.43. The quantitative estimate of drug-likeness (QED) is 0.673. The standard InChI is InChI=1S/C13H17Br/c1-13(2,3)9-8-11-4-6-12(10-14)7-5-11/h4-9H,10H2,1-3H3. The van der Waals surface area contributed by atoms with Gasteiger partial charge in [-0.25, -0.2) is 0 Å². The topological polar surface area (TPSA) is 0 Å². The van der Waals surface area contributed by atoms with Crippen molar-refractivity contribution >= 4 is 22.0 Å². The summed E-state index contributed by atoms with van der Waals surface area (Å²) in [6, 6.07) is 8.60. The highest BCUT2D eigenvalue weighted by atomic mass is 79.9. The fraction of sp³-hybridized carbons (Fsp3) is 0.385. The van der Waals surface area contributed by atoms with Gasteiger partial charge in [0.05, 0.1) is 0 Å². The van der Waals surface area contributed by atoms with E-state index < -0.39 is 0 Å². The van der Waals surface area contributed by atoms with Gasteiger partial charge in [-0.1, -0.05) is 73.1 Å². The molecular weight excluding hydrogens is 236 g/mol. The predicted molar refractivity (Wildman–Crippen MR) is 67.6 cm³/mol. The van der Waals surface area contributed by atoms with E-state index in [1.54, 1.807) is 0 Å². The van der Waals surface area contributed by atoms with Crippen molar-refractivity contribution in [2.75, 3.05) is 0 Å². The Labute approximate surface area is 95.2 Å². The van der Waals surface area contributed by atoms with Gasteiger partial charge in [-0.15, -0.1) is 0 Å². The van der Waals surface area contributed by atoms with Crippen LogP contribution in [-0.2, 0) is 5.33 Å². The lowest BCUT2D eigenvalue weighted by Gasteiger charge is -2.10. The number of halogens is 1. The number of rotatable bonds is 2. The molecule has 0 unspecified atom stereocenters. The van der Waals surface area contributed by atoms with Gasteiger partial charge in [-0.05, 0) is 16.5 Å². The Bertz CT molecular complexity index is 301. The molecule has 0 radical (unpaired) electrons. The van der Waals surface area contributed by atoms with Crippen LogP contribution in [0.25, 0.3) is 6.08 Å². The van der Waals surface area contributed by atoms with Gasteiger partial charge in [0.2, 0.25) is 0 Å². The molecule has 1 aromatic rings. The molecule has 1 rings (SSSR count). The Morgan fingerprint density at radius 3 is 2.14 bits per heavy atom. The molecule has 1 heteroatoms. The molecule has 0 aliphatic heterocycles. The number of hydrogen-bond donors (Lipinski definition) is 0. The minimum atomic E-state index is 0.258. The highest BCUT2D eigenvalue weighted by Gasteiger charge is 2.03. The highest BCUT2D eigenvalue weighted by Crippen LogP contribution is 2.17. The molecule has 14 heavy (non-hydrogen) atoms. The third-order valence-electron chi connectivity index (χ3n) is 1.91. The molecule has 0 bridgehead atoms. The van der Waals surface area contributed by atoms with Crippen LogP contribution in [-0.4, -0.2) is 0 Å². The molecule has 0 saturated heterocycles. The Kier molecular flexibility index (Phi) is 3.94. The first-order valence-electron chi connectivity index (χ1n) is 4.85. The van der Waals surface area contributed by atoms with Gasteiger partial charge >= 0.3 is 0 Å². The first kappa shape index (κ1) is 11.5. The Morgan fingerprint density at radius 1 is 1.14 bits per heavy atom. The molecule has 0 aliphatic carbocycles. The third kappa shape index (κ3) is 4.10. The maximum atomic E-state index is 3.43. The van der Waals surface area contributed by atoms with Crippen LogP contribution in [0.5, 0.6) is 0 Å². The Morgan fingerprint density at radius 2 is 1.71 bits per heavy atom. The summed E-state index contributed by atoms with van der Waals surface area (Å²) < 4.78 is 0. The van der Waals surface area contributed by atoms with Crippen molar-refractivity contribution in [2.45, 2.75) is 26.1 Å². The van der Waals surface area contributed by atoms with Crippen LogP contribution in [0.3, 0.4) is 0 Å². The van der Waals surface area contributed by atoms with Crippen molar-refractivity contribution in [2.24, 2.45) is 5.41 Å². The Balaban J connectivity index is 2.74. The number of benzene rings is 1. The summed E-state index contributed by atoms with van der Waals surface area (Å²) in [7, 11) is 0. The predicted octanol–water partition coefficient (Wildman–Crippen LogP) is 4.64. The summed E-state index contributed by atoms with van der Waals surface area (Å²) in [5, 5.41) is 0.927. The lowest BCUT2D eigenvalue weighted by Crippen LogP contribution is -1.97. The van der Waals surface area contributed by atoms with Crippen LogP contribution in [0.15, 0.2) is 30.3 Å². The molecule has 0 aliphatic rings. The summed E-state index contributed by atoms with van der Waals surface area (Å²) in [5.74, 6) is 0. The van der Waals surface area contributed by atoms with E-state index in [-0.39, 0.29) is 5.41 Å². The summed E-state index contributed by atoms with van der Waals surface area (Å²) in [6.07, 6.45) is 4.41.